The van der Waals surface area contributed by atoms with Crippen LogP contribution in [0, 0.1) is 11.3 Å². The molecule has 0 saturated heterocycles. The molecule has 214 valence electrons. The predicted molar refractivity (Wildman–Crippen MR) is 164 cm³/mol. The third-order valence-corrected chi connectivity index (χ3v) is 8.54. The molecule has 0 radical (unpaired) electrons. The van der Waals surface area contributed by atoms with Crippen LogP contribution in [0.15, 0.2) is 120 Å². The van der Waals surface area contributed by atoms with Crippen molar-refractivity contribution >= 4 is 51.0 Å². The first kappa shape index (κ1) is 29.4. The molecule has 1 nitrogen and oxygen atoms in total. The Morgan fingerprint density at radius 1 is 0.619 bits per heavy atom. The molecule has 0 bridgehead atoms. The molecule has 1 atom stereocenters. The summed E-state index contributed by atoms with van der Waals surface area (Å²) in [5.74, 6) is 0.968. The quantitative estimate of drug-likeness (QED) is 0.0842. The van der Waals surface area contributed by atoms with Gasteiger partial charge >= 0.3 is 33.0 Å². The van der Waals surface area contributed by atoms with Crippen LogP contribution < -0.4 is 0 Å². The molecule has 9 heteroatoms. The fraction of sp³-hybridized carbons (Fsp3) is 0.0606. The first-order valence-electron chi connectivity index (χ1n) is 12.8. The van der Waals surface area contributed by atoms with E-state index in [4.69, 9.17) is 5.26 Å². The van der Waals surface area contributed by atoms with Crippen LogP contribution in [0.5, 0.6) is 0 Å². The number of hydrogen-bond donors (Lipinski definition) is 0. The fourth-order valence-corrected chi connectivity index (χ4v) is 6.44. The van der Waals surface area contributed by atoms with Crippen molar-refractivity contribution in [1.29, 1.82) is 5.26 Å². The van der Waals surface area contributed by atoms with Gasteiger partial charge in [-0.25, -0.2) is 0 Å². The van der Waals surface area contributed by atoms with Crippen LogP contribution in [0.2, 0.25) is 0 Å². The Balaban J connectivity index is 0.000000451. The van der Waals surface area contributed by atoms with Crippen molar-refractivity contribution in [2.24, 2.45) is 0 Å². The minimum absolute atomic E-state index is 0.0504. The van der Waals surface area contributed by atoms with Crippen LogP contribution in [0.4, 0.5) is 25.2 Å². The van der Waals surface area contributed by atoms with E-state index in [0.717, 1.165) is 5.75 Å². The molecule has 0 saturated carbocycles. The van der Waals surface area contributed by atoms with E-state index in [2.05, 4.69) is 115 Å². The second-order valence-corrected chi connectivity index (χ2v) is 13.9. The second-order valence-electron chi connectivity index (χ2n) is 9.97. The van der Waals surface area contributed by atoms with E-state index in [1.165, 1.54) is 53.9 Å². The standard InChI is InChI=1S/C33H24NS.F6P/c1-35(22-24-15-13-23(21-34)14-16-24)30-11-6-10-28(19-30)33-31-12-5-4-9-27(31)18-29-17-25-7-2-3-8-26(25)20-32(29)33;1-7(2,3,4,5)6/h2-20H,22H2,1H3;/q+1;-1. The molecule has 0 aliphatic heterocycles. The summed E-state index contributed by atoms with van der Waals surface area (Å²) in [6.45, 7) is 0. The molecule has 6 aromatic rings. The van der Waals surface area contributed by atoms with Gasteiger partial charge in [0.2, 0.25) is 0 Å². The average Bonchev–Trinajstić information content (AvgIpc) is 2.93. The normalized spacial score (nSPS) is 14.0. The molecule has 1 unspecified atom stereocenters. The van der Waals surface area contributed by atoms with E-state index in [1.807, 2.05) is 12.1 Å². The van der Waals surface area contributed by atoms with Gasteiger partial charge in [-0.05, 0) is 79.8 Å². The summed E-state index contributed by atoms with van der Waals surface area (Å²) in [6, 6.07) is 43.6. The SMILES string of the molecule is C[S+](Cc1ccc(C#N)cc1)c1cccc(-c2c3ccccc3cc3cc4ccccc4cc23)c1.F[P-](F)(F)(F)(F)F. The zero-order chi connectivity index (χ0) is 30.2. The number of rotatable bonds is 4. The molecule has 42 heavy (non-hydrogen) atoms. The second kappa shape index (κ2) is 10.3. The Labute approximate surface area is 241 Å². The first-order chi connectivity index (χ1) is 19.6. The van der Waals surface area contributed by atoms with Crippen molar-refractivity contribution in [2.45, 2.75) is 10.6 Å². The maximum absolute atomic E-state index is 10.7. The number of hydrogen-bond acceptors (Lipinski definition) is 1. The van der Waals surface area contributed by atoms with Gasteiger partial charge in [0, 0.05) is 22.5 Å². The first-order valence-corrected chi connectivity index (χ1v) is 16.6. The number of halogens is 6. The van der Waals surface area contributed by atoms with Gasteiger partial charge in [-0.2, -0.15) is 5.26 Å². The zero-order valence-electron chi connectivity index (χ0n) is 22.2. The van der Waals surface area contributed by atoms with E-state index >= 15 is 0 Å². The molecular weight excluding hydrogens is 587 g/mol. The van der Waals surface area contributed by atoms with Crippen molar-refractivity contribution in [2.75, 3.05) is 6.26 Å². The minimum atomic E-state index is -10.7. The molecule has 0 aromatic heterocycles. The maximum atomic E-state index is 9.87. The van der Waals surface area contributed by atoms with Gasteiger partial charge in [0.05, 0.1) is 11.6 Å². The Hall–Kier alpha value is -4.05. The molecule has 0 aliphatic carbocycles. The van der Waals surface area contributed by atoms with Crippen molar-refractivity contribution in [3.63, 3.8) is 0 Å². The molecule has 6 aromatic carbocycles. The van der Waals surface area contributed by atoms with Crippen LogP contribution in [-0.2, 0) is 16.6 Å². The summed E-state index contributed by atoms with van der Waals surface area (Å²) in [5.41, 5.74) is 4.55. The number of fused-ring (bicyclic) bond motifs is 3. The van der Waals surface area contributed by atoms with Gasteiger partial charge < -0.3 is 0 Å². The molecule has 0 N–H and O–H groups in total. The summed E-state index contributed by atoms with van der Waals surface area (Å²) in [4.78, 5) is 1.36. The van der Waals surface area contributed by atoms with E-state index in [-0.39, 0.29) is 10.9 Å². The Morgan fingerprint density at radius 2 is 1.19 bits per heavy atom. The van der Waals surface area contributed by atoms with Gasteiger partial charge in [0.1, 0.15) is 12.0 Å². The Bertz CT molecular complexity index is 1970. The van der Waals surface area contributed by atoms with Gasteiger partial charge in [0.25, 0.3) is 0 Å². The van der Waals surface area contributed by atoms with E-state index in [9.17, 15) is 25.2 Å². The summed E-state index contributed by atoms with van der Waals surface area (Å²) in [6.07, 6.45) is 2.31. The third kappa shape index (κ3) is 7.61. The summed E-state index contributed by atoms with van der Waals surface area (Å²) in [7, 11) is -10.6. The third-order valence-electron chi connectivity index (χ3n) is 6.72. The molecule has 0 fully saturated rings. The van der Waals surface area contributed by atoms with Crippen molar-refractivity contribution < 1.29 is 25.2 Å². The summed E-state index contributed by atoms with van der Waals surface area (Å²) < 4.78 is 59.2. The van der Waals surface area contributed by atoms with Crippen LogP contribution in [0.3, 0.4) is 0 Å². The van der Waals surface area contributed by atoms with Gasteiger partial charge in [-0.1, -0.05) is 72.8 Å². The Kier molecular flexibility index (Phi) is 7.25. The Morgan fingerprint density at radius 3 is 1.83 bits per heavy atom. The average molecular weight is 612 g/mol. The number of nitriles is 1. The predicted octanol–water partition coefficient (Wildman–Crippen LogP) is 11.9. The summed E-state index contributed by atoms with van der Waals surface area (Å²) >= 11 is 0. The van der Waals surface area contributed by atoms with E-state index < -0.39 is 7.81 Å². The van der Waals surface area contributed by atoms with Crippen LogP contribution in [-0.4, -0.2) is 6.26 Å². The van der Waals surface area contributed by atoms with Crippen molar-refractivity contribution in [3.05, 3.63) is 126 Å². The van der Waals surface area contributed by atoms with E-state index in [0.29, 0.717) is 5.56 Å². The van der Waals surface area contributed by atoms with Crippen LogP contribution in [0.1, 0.15) is 11.1 Å². The van der Waals surface area contributed by atoms with Crippen molar-refractivity contribution in [3.8, 4) is 17.2 Å². The number of benzene rings is 6. The summed E-state index contributed by atoms with van der Waals surface area (Å²) in [5, 5.41) is 16.7. The zero-order valence-corrected chi connectivity index (χ0v) is 24.0. The van der Waals surface area contributed by atoms with Gasteiger partial charge in [-0.3, -0.25) is 0 Å². The topological polar surface area (TPSA) is 23.8 Å². The van der Waals surface area contributed by atoms with Gasteiger partial charge in [-0.15, -0.1) is 0 Å². The molecule has 6 rings (SSSR count). The van der Waals surface area contributed by atoms with Crippen LogP contribution >= 0.6 is 7.81 Å². The van der Waals surface area contributed by atoms with Crippen molar-refractivity contribution in [1.82, 2.24) is 0 Å². The number of nitrogens with zero attached hydrogens (tertiary/aromatic N) is 1. The molecule has 0 spiro atoms. The molecule has 0 aliphatic rings. The van der Waals surface area contributed by atoms with Crippen LogP contribution in [0.25, 0.3) is 43.4 Å². The monoisotopic (exact) mass is 611 g/mol. The fourth-order valence-electron chi connectivity index (χ4n) is 4.95. The van der Waals surface area contributed by atoms with E-state index in [1.54, 1.807) is 0 Å². The molecular formula is C33H24F6NPS. The molecule has 0 heterocycles. The van der Waals surface area contributed by atoms with Gasteiger partial charge in [0.15, 0.2) is 4.90 Å². The molecule has 0 amide bonds.